The highest BCUT2D eigenvalue weighted by Gasteiger charge is 2.46. The topological polar surface area (TPSA) is 54.5 Å². The van der Waals surface area contributed by atoms with E-state index in [4.69, 9.17) is 9.72 Å². The number of fused-ring (bicyclic) bond motifs is 1. The zero-order valence-electron chi connectivity index (χ0n) is 19.6. The molecule has 170 valence electrons. The van der Waals surface area contributed by atoms with E-state index >= 15 is 0 Å². The van der Waals surface area contributed by atoms with Gasteiger partial charge in [0.15, 0.2) is 0 Å². The van der Waals surface area contributed by atoms with Crippen molar-refractivity contribution in [1.82, 2.24) is 9.88 Å². The molecular weight excluding hydrogens is 398 g/mol. The van der Waals surface area contributed by atoms with Gasteiger partial charge in [-0.1, -0.05) is 18.2 Å². The first-order valence-electron chi connectivity index (χ1n) is 12.1. The minimum Gasteiger partial charge on any atom is -0.444 e. The van der Waals surface area contributed by atoms with Gasteiger partial charge < -0.3 is 15.0 Å². The molecule has 1 N–H and O–H groups in total. The summed E-state index contributed by atoms with van der Waals surface area (Å²) in [6.07, 6.45) is 8.86. The van der Waals surface area contributed by atoms with E-state index in [1.807, 2.05) is 25.7 Å². The molecule has 5 rings (SSSR count). The summed E-state index contributed by atoms with van der Waals surface area (Å²) in [6, 6.07) is 10.9. The van der Waals surface area contributed by atoms with Gasteiger partial charge in [-0.25, -0.2) is 4.79 Å². The normalized spacial score (nSPS) is 19.9. The van der Waals surface area contributed by atoms with Crippen molar-refractivity contribution in [1.29, 1.82) is 0 Å². The summed E-state index contributed by atoms with van der Waals surface area (Å²) in [5.74, 6) is 0.737. The van der Waals surface area contributed by atoms with Gasteiger partial charge in [-0.3, -0.25) is 4.98 Å². The van der Waals surface area contributed by atoms with E-state index in [2.05, 4.69) is 41.8 Å². The number of ether oxygens (including phenoxy) is 1. The van der Waals surface area contributed by atoms with Crippen LogP contribution in [-0.4, -0.2) is 41.2 Å². The fourth-order valence-corrected chi connectivity index (χ4v) is 5.83. The number of rotatable bonds is 3. The van der Waals surface area contributed by atoms with E-state index in [1.54, 1.807) is 0 Å². The van der Waals surface area contributed by atoms with Crippen molar-refractivity contribution in [3.63, 3.8) is 0 Å². The predicted molar refractivity (Wildman–Crippen MR) is 128 cm³/mol. The molecule has 3 aliphatic rings. The molecule has 5 nitrogen and oxygen atoms in total. The molecule has 1 aromatic carbocycles. The van der Waals surface area contributed by atoms with Gasteiger partial charge in [0.2, 0.25) is 0 Å². The predicted octanol–water partition coefficient (Wildman–Crippen LogP) is 5.69. The number of amides is 1. The summed E-state index contributed by atoms with van der Waals surface area (Å²) in [5.41, 5.74) is 6.35. The molecule has 2 fully saturated rings. The second-order valence-corrected chi connectivity index (χ2v) is 11.0. The average Bonchev–Trinajstić information content (AvgIpc) is 3.21. The number of anilines is 1. The summed E-state index contributed by atoms with van der Waals surface area (Å²) >= 11 is 0. The average molecular weight is 434 g/mol. The van der Waals surface area contributed by atoms with Crippen molar-refractivity contribution in [3.05, 3.63) is 47.7 Å². The maximum absolute atomic E-state index is 12.3. The highest BCUT2D eigenvalue weighted by molar-refractivity contribution is 5.73. The number of pyridine rings is 1. The number of piperidine rings is 1. The Hall–Kier alpha value is -2.56. The molecule has 1 saturated carbocycles. The van der Waals surface area contributed by atoms with Crippen molar-refractivity contribution >= 4 is 11.8 Å². The Bertz CT molecular complexity index is 977. The number of benzene rings is 1. The molecule has 1 amide bonds. The molecule has 2 aromatic rings. The number of carbonyl (C=O) groups is 1. The van der Waals surface area contributed by atoms with Gasteiger partial charge in [0, 0.05) is 37.1 Å². The number of nitrogens with one attached hydrogen (secondary N) is 1. The third-order valence-corrected chi connectivity index (χ3v) is 7.41. The van der Waals surface area contributed by atoms with Gasteiger partial charge in [-0.15, -0.1) is 0 Å². The molecule has 2 aliphatic heterocycles. The zero-order chi connectivity index (χ0) is 22.3. The van der Waals surface area contributed by atoms with Crippen LogP contribution in [0.3, 0.4) is 0 Å². The molecule has 0 radical (unpaired) electrons. The fraction of sp³-hybridized carbons (Fsp3) is 0.556. The summed E-state index contributed by atoms with van der Waals surface area (Å²) in [7, 11) is 0. The molecule has 32 heavy (non-hydrogen) atoms. The van der Waals surface area contributed by atoms with Crippen LogP contribution in [0, 0.1) is 11.3 Å². The van der Waals surface area contributed by atoms with Crippen molar-refractivity contribution in [3.8, 4) is 11.3 Å². The van der Waals surface area contributed by atoms with Crippen LogP contribution in [0.25, 0.3) is 11.3 Å². The Morgan fingerprint density at radius 1 is 1.19 bits per heavy atom. The van der Waals surface area contributed by atoms with Crippen LogP contribution in [0.15, 0.2) is 36.5 Å². The third kappa shape index (κ3) is 4.35. The Labute approximate surface area is 191 Å². The number of likely N-dealkylation sites (tertiary alicyclic amines) is 1. The monoisotopic (exact) mass is 433 g/mol. The zero-order valence-corrected chi connectivity index (χ0v) is 19.6. The molecule has 1 aliphatic carbocycles. The molecule has 1 saturated heterocycles. The number of carbonyl (C=O) groups excluding carboxylic acids is 1. The molecule has 1 aromatic heterocycles. The Morgan fingerprint density at radius 3 is 2.66 bits per heavy atom. The molecule has 0 atom stereocenters. The third-order valence-electron chi connectivity index (χ3n) is 7.41. The second kappa shape index (κ2) is 8.09. The first-order chi connectivity index (χ1) is 15.3. The van der Waals surface area contributed by atoms with Crippen LogP contribution in [0.5, 0.6) is 0 Å². The summed E-state index contributed by atoms with van der Waals surface area (Å²) < 4.78 is 5.54. The number of hydrogen-bond acceptors (Lipinski definition) is 4. The van der Waals surface area contributed by atoms with E-state index in [-0.39, 0.29) is 6.09 Å². The lowest BCUT2D eigenvalue weighted by molar-refractivity contribution is -0.0270. The maximum Gasteiger partial charge on any atom is 0.410 e. The van der Waals surface area contributed by atoms with E-state index in [9.17, 15) is 4.79 Å². The number of hydrogen-bond donors (Lipinski definition) is 1. The first kappa shape index (κ1) is 21.3. The molecule has 0 unspecified atom stereocenters. The quantitative estimate of drug-likeness (QED) is 0.676. The highest BCUT2D eigenvalue weighted by Crippen LogP contribution is 2.53. The van der Waals surface area contributed by atoms with Gasteiger partial charge in [0.1, 0.15) is 5.60 Å². The minimum atomic E-state index is -0.422. The molecule has 5 heteroatoms. The van der Waals surface area contributed by atoms with Gasteiger partial charge in [0.05, 0.1) is 5.69 Å². The lowest BCUT2D eigenvalue weighted by Gasteiger charge is -2.52. The highest BCUT2D eigenvalue weighted by atomic mass is 16.6. The first-order valence-corrected chi connectivity index (χ1v) is 12.1. The fourth-order valence-electron chi connectivity index (χ4n) is 5.83. The van der Waals surface area contributed by atoms with Crippen LogP contribution < -0.4 is 5.32 Å². The lowest BCUT2D eigenvalue weighted by Crippen LogP contribution is -2.50. The van der Waals surface area contributed by atoms with Crippen LogP contribution in [-0.2, 0) is 17.6 Å². The standard InChI is InChI=1S/C27H35N3O2/c1-26(2,3)32-25(31)30-13-10-27(11-14-30)16-20(17-27)15-19-7-8-24(29-18-19)21-5-4-6-23-22(21)9-12-28-23/h4-8,18,20,28H,9-17H2,1-3H3. The van der Waals surface area contributed by atoms with Crippen molar-refractivity contribution in [2.45, 2.75) is 64.9 Å². The summed E-state index contributed by atoms with van der Waals surface area (Å²) in [6.45, 7) is 8.46. The second-order valence-electron chi connectivity index (χ2n) is 11.0. The van der Waals surface area contributed by atoms with Crippen molar-refractivity contribution in [2.24, 2.45) is 11.3 Å². The van der Waals surface area contributed by atoms with Gasteiger partial charge >= 0.3 is 6.09 Å². The van der Waals surface area contributed by atoms with Crippen LogP contribution in [0.2, 0.25) is 0 Å². The SMILES string of the molecule is CC(C)(C)OC(=O)N1CCC2(CC1)CC(Cc1ccc(-c3cccc4c3CCN4)nc1)C2. The van der Waals surface area contributed by atoms with Crippen molar-refractivity contribution in [2.75, 3.05) is 25.0 Å². The number of nitrogens with zero attached hydrogens (tertiary/aromatic N) is 2. The van der Waals surface area contributed by atoms with Gasteiger partial charge in [-0.2, -0.15) is 0 Å². The number of aromatic nitrogens is 1. The van der Waals surface area contributed by atoms with Crippen LogP contribution >= 0.6 is 0 Å². The molecular formula is C27H35N3O2. The summed E-state index contributed by atoms with van der Waals surface area (Å²) in [5, 5.41) is 3.45. The van der Waals surface area contributed by atoms with E-state index in [0.717, 1.165) is 56.9 Å². The van der Waals surface area contributed by atoms with Gasteiger partial charge in [-0.05, 0) is 93.9 Å². The Morgan fingerprint density at radius 2 is 1.97 bits per heavy atom. The molecule has 1 spiro atoms. The Balaban J connectivity index is 1.13. The largest absolute Gasteiger partial charge is 0.444 e. The van der Waals surface area contributed by atoms with Gasteiger partial charge in [0.25, 0.3) is 0 Å². The van der Waals surface area contributed by atoms with E-state index in [0.29, 0.717) is 5.41 Å². The molecule has 3 heterocycles. The smallest absolute Gasteiger partial charge is 0.410 e. The maximum atomic E-state index is 12.3. The van der Waals surface area contributed by atoms with E-state index in [1.165, 1.54) is 35.2 Å². The van der Waals surface area contributed by atoms with Crippen LogP contribution in [0.4, 0.5) is 10.5 Å². The van der Waals surface area contributed by atoms with Crippen LogP contribution in [0.1, 0.15) is 57.6 Å². The van der Waals surface area contributed by atoms with E-state index < -0.39 is 5.60 Å². The lowest BCUT2D eigenvalue weighted by atomic mass is 9.56. The van der Waals surface area contributed by atoms with Crippen molar-refractivity contribution < 1.29 is 9.53 Å². The molecule has 0 bridgehead atoms. The summed E-state index contributed by atoms with van der Waals surface area (Å²) in [4.78, 5) is 19.0. The Kier molecular flexibility index (Phi) is 5.39. The minimum absolute atomic E-state index is 0.158.